The summed E-state index contributed by atoms with van der Waals surface area (Å²) in [5.41, 5.74) is 2.81. The largest absolute Gasteiger partial charge is 0.462 e. The molecule has 126 valence electrons. The van der Waals surface area contributed by atoms with Crippen molar-refractivity contribution in [3.05, 3.63) is 52.3 Å². The second-order valence-electron chi connectivity index (χ2n) is 5.44. The van der Waals surface area contributed by atoms with Gasteiger partial charge in [-0.25, -0.2) is 4.79 Å². The number of hydrogen-bond donors (Lipinski definition) is 2. The van der Waals surface area contributed by atoms with E-state index < -0.39 is 5.97 Å². The number of aromatic nitrogens is 1. The molecule has 24 heavy (non-hydrogen) atoms. The predicted octanol–water partition coefficient (Wildman–Crippen LogP) is 3.26. The van der Waals surface area contributed by atoms with E-state index >= 15 is 0 Å². The Morgan fingerprint density at radius 1 is 1.21 bits per heavy atom. The van der Waals surface area contributed by atoms with Crippen LogP contribution in [0.25, 0.3) is 0 Å². The first kappa shape index (κ1) is 17.5. The van der Waals surface area contributed by atoms with E-state index in [2.05, 4.69) is 10.3 Å². The molecule has 0 saturated heterocycles. The van der Waals surface area contributed by atoms with Crippen LogP contribution in [-0.2, 0) is 4.74 Å². The zero-order valence-corrected chi connectivity index (χ0v) is 14.1. The van der Waals surface area contributed by atoms with E-state index in [1.807, 2.05) is 0 Å². The lowest BCUT2D eigenvalue weighted by Gasteiger charge is -2.06. The average Bonchev–Trinajstić information content (AvgIpc) is 2.82. The van der Waals surface area contributed by atoms with Crippen molar-refractivity contribution in [2.75, 3.05) is 11.9 Å². The molecule has 0 aliphatic heterocycles. The fourth-order valence-corrected chi connectivity index (χ4v) is 2.50. The van der Waals surface area contributed by atoms with Crippen LogP contribution in [0.1, 0.15) is 56.3 Å². The molecule has 0 unspecified atom stereocenters. The summed E-state index contributed by atoms with van der Waals surface area (Å²) < 4.78 is 5.01. The van der Waals surface area contributed by atoms with Crippen LogP contribution < -0.4 is 5.32 Å². The Morgan fingerprint density at radius 3 is 2.54 bits per heavy atom. The zero-order chi connectivity index (χ0) is 17.9. The number of benzene rings is 1. The first-order chi connectivity index (χ1) is 11.3. The Hall–Kier alpha value is -2.89. The second-order valence-corrected chi connectivity index (χ2v) is 5.44. The molecule has 0 aliphatic rings. The summed E-state index contributed by atoms with van der Waals surface area (Å²) in [5, 5.41) is 2.73. The summed E-state index contributed by atoms with van der Waals surface area (Å²) >= 11 is 0. The lowest BCUT2D eigenvalue weighted by Crippen LogP contribution is -2.14. The molecule has 0 aliphatic carbocycles. The minimum atomic E-state index is -0.457. The quantitative estimate of drug-likeness (QED) is 0.651. The molecule has 0 spiro atoms. The molecular weight excluding hydrogens is 308 g/mol. The number of nitrogens with one attached hydrogen (secondary N) is 2. The second kappa shape index (κ2) is 7.12. The number of carbonyl (C=O) groups is 3. The maximum atomic E-state index is 12.5. The van der Waals surface area contributed by atoms with Crippen LogP contribution in [0, 0.1) is 13.8 Å². The molecular formula is C18H20N2O4. The van der Waals surface area contributed by atoms with E-state index in [1.165, 1.54) is 6.92 Å². The minimum absolute atomic E-state index is 0.0809. The molecule has 2 aromatic rings. The first-order valence-electron chi connectivity index (χ1n) is 7.63. The van der Waals surface area contributed by atoms with E-state index in [1.54, 1.807) is 45.0 Å². The lowest BCUT2D eigenvalue weighted by molar-refractivity contribution is 0.0525. The minimum Gasteiger partial charge on any atom is -0.462 e. The molecule has 0 fully saturated rings. The Morgan fingerprint density at radius 2 is 1.92 bits per heavy atom. The normalized spacial score (nSPS) is 10.3. The molecule has 0 bridgehead atoms. The van der Waals surface area contributed by atoms with Gasteiger partial charge in [0, 0.05) is 16.9 Å². The molecule has 2 N–H and O–H groups in total. The molecule has 6 nitrogen and oxygen atoms in total. The number of anilines is 1. The highest BCUT2D eigenvalue weighted by Gasteiger charge is 2.22. The lowest BCUT2D eigenvalue weighted by atomic mass is 10.1. The van der Waals surface area contributed by atoms with Gasteiger partial charge >= 0.3 is 5.97 Å². The van der Waals surface area contributed by atoms with E-state index in [0.717, 1.165) is 0 Å². The Bertz CT molecular complexity index is 805. The van der Waals surface area contributed by atoms with Crippen LogP contribution >= 0.6 is 0 Å². The third-order valence-corrected chi connectivity index (χ3v) is 3.67. The van der Waals surface area contributed by atoms with Crippen molar-refractivity contribution < 1.29 is 19.1 Å². The number of Topliss-reactive ketones (excluding diaryl/α,β-unsaturated/α-hetero) is 1. The van der Waals surface area contributed by atoms with Gasteiger partial charge < -0.3 is 15.0 Å². The number of carbonyl (C=O) groups excluding carboxylic acids is 3. The molecule has 6 heteroatoms. The maximum Gasteiger partial charge on any atom is 0.340 e. The van der Waals surface area contributed by atoms with Gasteiger partial charge in [0.1, 0.15) is 5.69 Å². The summed E-state index contributed by atoms with van der Waals surface area (Å²) in [6.45, 7) is 6.86. The Balaban J connectivity index is 2.28. The summed E-state index contributed by atoms with van der Waals surface area (Å²) in [7, 11) is 0. The van der Waals surface area contributed by atoms with Crippen LogP contribution in [0.3, 0.4) is 0 Å². The summed E-state index contributed by atoms with van der Waals surface area (Å²) in [6.07, 6.45) is 0. The SMILES string of the molecule is CCOC(=O)c1c(C)[nH]c(C(=O)Nc2cccc(C(C)=O)c2)c1C. The van der Waals surface area contributed by atoms with Gasteiger partial charge in [-0.2, -0.15) is 0 Å². The summed E-state index contributed by atoms with van der Waals surface area (Å²) in [4.78, 5) is 38.8. The number of hydrogen-bond acceptors (Lipinski definition) is 4. The van der Waals surface area contributed by atoms with E-state index in [4.69, 9.17) is 4.74 Å². The summed E-state index contributed by atoms with van der Waals surface area (Å²) in [6, 6.07) is 6.68. The van der Waals surface area contributed by atoms with E-state index in [0.29, 0.717) is 33.8 Å². The van der Waals surface area contributed by atoms with Crippen LogP contribution in [0.4, 0.5) is 5.69 Å². The molecule has 1 heterocycles. The standard InChI is InChI=1S/C18H20N2O4/c1-5-24-18(23)15-10(2)16(19-11(15)3)17(22)20-14-8-6-7-13(9-14)12(4)21/h6-9,19H,5H2,1-4H3,(H,20,22). The molecule has 0 radical (unpaired) electrons. The van der Waals surface area contributed by atoms with Crippen molar-refractivity contribution in [3.63, 3.8) is 0 Å². The number of ketones is 1. The first-order valence-corrected chi connectivity index (χ1v) is 7.63. The van der Waals surface area contributed by atoms with Crippen molar-refractivity contribution in [1.82, 2.24) is 4.98 Å². The predicted molar refractivity (Wildman–Crippen MR) is 90.6 cm³/mol. The summed E-state index contributed by atoms with van der Waals surface area (Å²) in [5.74, 6) is -0.921. The highest BCUT2D eigenvalue weighted by molar-refractivity contribution is 6.07. The molecule has 1 amide bonds. The van der Waals surface area contributed by atoms with Crippen LogP contribution in [0.5, 0.6) is 0 Å². The fraction of sp³-hybridized carbons (Fsp3) is 0.278. The third kappa shape index (κ3) is 3.53. The molecule has 1 aromatic carbocycles. The topological polar surface area (TPSA) is 88.3 Å². The number of ether oxygens (including phenoxy) is 1. The van der Waals surface area contributed by atoms with Crippen molar-refractivity contribution >= 4 is 23.3 Å². The van der Waals surface area contributed by atoms with Gasteiger partial charge in [0.15, 0.2) is 5.78 Å². The average molecular weight is 328 g/mol. The number of amides is 1. The van der Waals surface area contributed by atoms with Gasteiger partial charge in [-0.1, -0.05) is 12.1 Å². The molecule has 1 aromatic heterocycles. The van der Waals surface area contributed by atoms with Gasteiger partial charge in [0.25, 0.3) is 5.91 Å². The van der Waals surface area contributed by atoms with E-state index in [-0.39, 0.29) is 18.3 Å². The maximum absolute atomic E-state index is 12.5. The highest BCUT2D eigenvalue weighted by Crippen LogP contribution is 2.20. The zero-order valence-electron chi connectivity index (χ0n) is 14.1. The van der Waals surface area contributed by atoms with Gasteiger partial charge in [0.05, 0.1) is 12.2 Å². The number of H-pyrrole nitrogens is 1. The van der Waals surface area contributed by atoms with Gasteiger partial charge in [-0.05, 0) is 45.4 Å². The van der Waals surface area contributed by atoms with Crippen LogP contribution in [0.2, 0.25) is 0 Å². The van der Waals surface area contributed by atoms with Crippen molar-refractivity contribution in [2.24, 2.45) is 0 Å². The Labute approximate surface area is 140 Å². The number of aryl methyl sites for hydroxylation is 1. The van der Waals surface area contributed by atoms with Gasteiger partial charge in [0.2, 0.25) is 0 Å². The van der Waals surface area contributed by atoms with Crippen molar-refractivity contribution in [3.8, 4) is 0 Å². The number of esters is 1. The monoisotopic (exact) mass is 328 g/mol. The van der Waals surface area contributed by atoms with Gasteiger partial charge in [-0.3, -0.25) is 9.59 Å². The highest BCUT2D eigenvalue weighted by atomic mass is 16.5. The molecule has 0 saturated carbocycles. The molecule has 0 atom stereocenters. The van der Waals surface area contributed by atoms with Gasteiger partial charge in [-0.15, -0.1) is 0 Å². The van der Waals surface area contributed by atoms with Crippen LogP contribution in [0.15, 0.2) is 24.3 Å². The fourth-order valence-electron chi connectivity index (χ4n) is 2.50. The smallest absolute Gasteiger partial charge is 0.340 e. The Kier molecular flexibility index (Phi) is 5.18. The third-order valence-electron chi connectivity index (χ3n) is 3.67. The number of aromatic amines is 1. The number of rotatable bonds is 5. The van der Waals surface area contributed by atoms with Crippen LogP contribution in [-0.4, -0.2) is 29.3 Å². The van der Waals surface area contributed by atoms with Crippen molar-refractivity contribution in [1.29, 1.82) is 0 Å². The van der Waals surface area contributed by atoms with E-state index in [9.17, 15) is 14.4 Å². The van der Waals surface area contributed by atoms with Crippen molar-refractivity contribution in [2.45, 2.75) is 27.7 Å². The molecule has 2 rings (SSSR count).